The molecule has 6 aliphatic rings. The number of benzene rings is 5. The molecule has 9 aromatic rings. The second-order valence-electron chi connectivity index (χ2n) is 23.7. The average Bonchev–Trinajstić information content (AvgIpc) is 1.65. The summed E-state index contributed by atoms with van der Waals surface area (Å²) >= 11 is 0. The van der Waals surface area contributed by atoms with Gasteiger partial charge in [0.05, 0.1) is 37.1 Å². The zero-order valence-electron chi connectivity index (χ0n) is 51.1. The molecule has 21 nitrogen and oxygen atoms in total. The standard InChI is InChI=1S/C24H24FN3O3S.C22H20FN3O4S.C21H20N4O4S/c1-16(29)27-12-9-18-3-5-20(14-24(18)27)32(30,31)28-15-22(17-7-10-26(2)11-8-17)21-13-19(25)4-6-23(21)28;1-25-8-6-14(7-9-25)18-12-26(20-5-2-15(23)10-17(18)20)31(28,29)16-3-4-19-21(11-16)30-13-22(27)24-19;1-24-9-6-14(7-10-24)17-12-25(21-16(17)3-2-8-22-21)30(27,28)15-4-5-18-19(11-15)29-13-20(26)23-18/h3-7,13-15H,8-12H2,1-2H3;2-6,10-12H,7-9,13H2,1H3,(H,24,27);2-6,8,11-12H,7,9-10,13H2,1H3,(H,23,26). The minimum atomic E-state index is -3.99. The lowest BCUT2D eigenvalue weighted by molar-refractivity contribution is -0.119. The number of nitrogens with one attached hydrogen (secondary N) is 2. The molecule has 6 aliphatic heterocycles. The van der Waals surface area contributed by atoms with Crippen LogP contribution >= 0.6 is 0 Å². The number of fused-ring (bicyclic) bond motifs is 6. The molecule has 10 heterocycles. The van der Waals surface area contributed by atoms with Gasteiger partial charge in [0.2, 0.25) is 5.91 Å². The van der Waals surface area contributed by atoms with Crippen molar-refractivity contribution in [2.75, 3.05) is 95.7 Å². The fourth-order valence-electron chi connectivity index (χ4n) is 12.4. The van der Waals surface area contributed by atoms with Crippen LogP contribution in [0.2, 0.25) is 0 Å². The van der Waals surface area contributed by atoms with Crippen LogP contribution in [0, 0.1) is 11.6 Å². The Bertz CT molecular complexity index is 5060. The molecule has 480 valence electrons. The van der Waals surface area contributed by atoms with E-state index in [1.165, 1.54) is 85.6 Å². The van der Waals surface area contributed by atoms with E-state index in [1.54, 1.807) is 54.0 Å². The molecule has 0 saturated carbocycles. The van der Waals surface area contributed by atoms with E-state index >= 15 is 0 Å². The maximum Gasteiger partial charge on any atom is 0.269 e. The lowest BCUT2D eigenvalue weighted by Gasteiger charge is -2.21. The zero-order valence-corrected chi connectivity index (χ0v) is 53.5. The number of nitrogens with zero attached hydrogens (tertiary/aromatic N) is 8. The number of hydrogen-bond donors (Lipinski definition) is 2. The Labute approximate surface area is 535 Å². The van der Waals surface area contributed by atoms with Crippen LogP contribution in [0.3, 0.4) is 0 Å². The summed E-state index contributed by atoms with van der Waals surface area (Å²) in [5.74, 6) is -0.879. The van der Waals surface area contributed by atoms with Gasteiger partial charge in [0.25, 0.3) is 41.9 Å². The predicted molar refractivity (Wildman–Crippen MR) is 351 cm³/mol. The number of pyridine rings is 1. The maximum atomic E-state index is 14.1. The number of aromatic nitrogens is 4. The summed E-state index contributed by atoms with van der Waals surface area (Å²) in [5, 5.41) is 7.26. The van der Waals surface area contributed by atoms with E-state index in [0.29, 0.717) is 74.5 Å². The summed E-state index contributed by atoms with van der Waals surface area (Å²) in [4.78, 5) is 47.6. The Morgan fingerprint density at radius 2 is 0.957 bits per heavy atom. The molecule has 0 radical (unpaired) electrons. The van der Waals surface area contributed by atoms with Gasteiger partial charge in [-0.05, 0) is 154 Å². The topological polar surface area (TPSA) is 237 Å². The minimum absolute atomic E-state index is 0.0209. The first-order chi connectivity index (χ1) is 44.5. The summed E-state index contributed by atoms with van der Waals surface area (Å²) in [6, 6.07) is 25.7. The normalized spacial score (nSPS) is 17.1. The molecule has 0 bridgehead atoms. The first-order valence-corrected chi connectivity index (χ1v) is 34.4. The third-order valence-corrected chi connectivity index (χ3v) is 22.4. The molecule has 3 amide bonds. The summed E-state index contributed by atoms with van der Waals surface area (Å²) in [6.45, 7) is 6.65. The van der Waals surface area contributed by atoms with E-state index in [2.05, 4.69) is 55.6 Å². The quantitative estimate of drug-likeness (QED) is 0.137. The Morgan fingerprint density at radius 3 is 1.42 bits per heavy atom. The number of ether oxygens (including phenoxy) is 2. The first kappa shape index (κ1) is 62.5. The Kier molecular flexibility index (Phi) is 16.5. The van der Waals surface area contributed by atoms with Gasteiger partial charge in [0.15, 0.2) is 18.9 Å². The van der Waals surface area contributed by atoms with Crippen molar-refractivity contribution in [1.29, 1.82) is 0 Å². The number of hydrogen-bond acceptors (Lipinski definition) is 15. The number of carbonyl (C=O) groups excluding carboxylic acids is 3. The molecule has 0 aliphatic carbocycles. The number of likely N-dealkylation sites (N-methyl/N-ethyl adjacent to an activating group) is 3. The summed E-state index contributed by atoms with van der Waals surface area (Å²) < 4.78 is 124. The van der Waals surface area contributed by atoms with Gasteiger partial charge >= 0.3 is 0 Å². The van der Waals surface area contributed by atoms with Crippen molar-refractivity contribution in [1.82, 2.24) is 31.6 Å². The van der Waals surface area contributed by atoms with Crippen LogP contribution in [-0.2, 0) is 50.9 Å². The molecule has 0 atom stereocenters. The molecule has 15 rings (SSSR count). The molecule has 0 saturated heterocycles. The Hall–Kier alpha value is -9.31. The smallest absolute Gasteiger partial charge is 0.269 e. The van der Waals surface area contributed by atoms with E-state index in [-0.39, 0.29) is 45.6 Å². The summed E-state index contributed by atoms with van der Waals surface area (Å²) in [7, 11) is -5.77. The molecular formula is C67H64F2N10O11S3. The molecule has 0 fully saturated rings. The van der Waals surface area contributed by atoms with Crippen molar-refractivity contribution >= 4 is 114 Å². The number of anilines is 3. The van der Waals surface area contributed by atoms with Crippen molar-refractivity contribution < 1.29 is 57.9 Å². The van der Waals surface area contributed by atoms with Crippen LogP contribution in [0.1, 0.15) is 48.4 Å². The van der Waals surface area contributed by atoms with Crippen molar-refractivity contribution in [3.63, 3.8) is 0 Å². The molecule has 0 spiro atoms. The molecule has 5 aromatic carbocycles. The molecule has 0 unspecified atom stereocenters. The van der Waals surface area contributed by atoms with E-state index in [1.807, 2.05) is 26.2 Å². The van der Waals surface area contributed by atoms with Gasteiger partial charge in [-0.25, -0.2) is 50.9 Å². The van der Waals surface area contributed by atoms with E-state index in [9.17, 15) is 48.4 Å². The van der Waals surface area contributed by atoms with Crippen LogP contribution in [0.5, 0.6) is 11.5 Å². The van der Waals surface area contributed by atoms with E-state index in [0.717, 1.165) is 97.3 Å². The Balaban J connectivity index is 0.000000127. The van der Waals surface area contributed by atoms with Gasteiger partial charge in [-0.1, -0.05) is 24.3 Å². The largest absolute Gasteiger partial charge is 0.482 e. The van der Waals surface area contributed by atoms with Gasteiger partial charge in [-0.15, -0.1) is 0 Å². The number of amides is 3. The third kappa shape index (κ3) is 12.0. The van der Waals surface area contributed by atoms with Crippen LogP contribution in [0.4, 0.5) is 25.8 Å². The van der Waals surface area contributed by atoms with E-state index < -0.39 is 41.7 Å². The lowest BCUT2D eigenvalue weighted by Crippen LogP contribution is -2.26. The van der Waals surface area contributed by atoms with Crippen molar-refractivity contribution in [2.24, 2.45) is 0 Å². The minimum Gasteiger partial charge on any atom is -0.482 e. The van der Waals surface area contributed by atoms with Crippen molar-refractivity contribution in [2.45, 2.75) is 47.3 Å². The highest BCUT2D eigenvalue weighted by atomic mass is 32.2. The monoisotopic (exact) mass is 1320 g/mol. The maximum absolute atomic E-state index is 14.1. The summed E-state index contributed by atoms with van der Waals surface area (Å²) in [5.41, 5.74) is 9.18. The molecule has 2 N–H and O–H groups in total. The van der Waals surface area contributed by atoms with Gasteiger partial charge in [0, 0.05) is 128 Å². The number of carbonyl (C=O) groups is 3. The molecule has 93 heavy (non-hydrogen) atoms. The molecule has 26 heteroatoms. The van der Waals surface area contributed by atoms with Gasteiger partial charge in [0.1, 0.15) is 23.1 Å². The highest BCUT2D eigenvalue weighted by molar-refractivity contribution is 7.90. The number of rotatable bonds is 9. The zero-order chi connectivity index (χ0) is 65.3. The summed E-state index contributed by atoms with van der Waals surface area (Å²) in [6.07, 6.45) is 15.7. The second kappa shape index (κ2) is 24.6. The molecule has 4 aromatic heterocycles. The van der Waals surface area contributed by atoms with Crippen LogP contribution in [0.15, 0.2) is 161 Å². The van der Waals surface area contributed by atoms with Crippen LogP contribution in [-0.4, -0.2) is 155 Å². The number of halogens is 2. The molecular weight excluding hydrogens is 1250 g/mol. The van der Waals surface area contributed by atoms with Crippen molar-refractivity contribution in [3.05, 3.63) is 180 Å². The highest BCUT2D eigenvalue weighted by Crippen LogP contribution is 2.40. The Morgan fingerprint density at radius 1 is 0.516 bits per heavy atom. The SMILES string of the molecule is CC(=O)N1CCc2ccc(S(=O)(=O)n3cc(C4=CCN(C)CC4)c4cc(F)ccc43)cc21.CN1CC=C(c2cn(S(=O)(=O)c3ccc4c(c3)OCC(=O)N4)c3ccc(F)cc23)CC1.CN1CC=C(c2cn(S(=O)(=O)c3ccc4c(c3)OCC(=O)N4)c3ncccc23)CC1. The fraction of sp³-hybridized carbons (Fsp3) is 0.254. The fourth-order valence-corrected chi connectivity index (χ4v) is 16.5. The van der Waals surface area contributed by atoms with Gasteiger partial charge in [-0.2, -0.15) is 0 Å². The average molecular weight is 1320 g/mol. The van der Waals surface area contributed by atoms with Crippen molar-refractivity contribution in [3.8, 4) is 11.5 Å². The lowest BCUT2D eigenvalue weighted by atomic mass is 9.99. The van der Waals surface area contributed by atoms with Gasteiger partial charge < -0.3 is 39.7 Å². The second-order valence-corrected chi connectivity index (χ2v) is 29.1. The van der Waals surface area contributed by atoms with Crippen LogP contribution in [0.25, 0.3) is 49.6 Å². The predicted octanol–water partition coefficient (Wildman–Crippen LogP) is 9.04. The third-order valence-electron chi connectivity index (χ3n) is 17.4. The van der Waals surface area contributed by atoms with Crippen LogP contribution < -0.4 is 25.0 Å². The van der Waals surface area contributed by atoms with E-state index in [4.69, 9.17) is 9.47 Å². The highest BCUT2D eigenvalue weighted by Gasteiger charge is 2.32. The van der Waals surface area contributed by atoms with Gasteiger partial charge in [-0.3, -0.25) is 14.4 Å². The first-order valence-electron chi connectivity index (χ1n) is 30.0.